The van der Waals surface area contributed by atoms with Gasteiger partial charge >= 0.3 is 12.2 Å². The molecule has 2 saturated heterocycles. The van der Waals surface area contributed by atoms with Gasteiger partial charge in [-0.15, -0.1) is 0 Å². The van der Waals surface area contributed by atoms with Crippen LogP contribution in [0.2, 0.25) is 0 Å². The van der Waals surface area contributed by atoms with E-state index in [-0.39, 0.29) is 18.6 Å². The van der Waals surface area contributed by atoms with Gasteiger partial charge in [0.1, 0.15) is 5.82 Å². The predicted molar refractivity (Wildman–Crippen MR) is 123 cm³/mol. The van der Waals surface area contributed by atoms with Crippen molar-refractivity contribution in [3.63, 3.8) is 0 Å². The Bertz CT molecular complexity index is 1040. The summed E-state index contributed by atoms with van der Waals surface area (Å²) in [6.45, 7) is 5.59. The van der Waals surface area contributed by atoms with Crippen molar-refractivity contribution in [3.05, 3.63) is 53.0 Å². The van der Waals surface area contributed by atoms with Crippen molar-refractivity contribution < 1.29 is 22.7 Å². The molecule has 2 aromatic heterocycles. The molecule has 8 nitrogen and oxygen atoms in total. The van der Waals surface area contributed by atoms with Gasteiger partial charge in [0.15, 0.2) is 0 Å². The maximum Gasteiger partial charge on any atom is 0.417 e. The number of fused-ring (bicyclic) bond motifs is 1. The molecule has 1 atom stereocenters. The lowest BCUT2D eigenvalue weighted by Gasteiger charge is -2.32. The number of hydrogen-bond acceptors (Lipinski definition) is 6. The number of nitrogens with zero attached hydrogens (tertiary/aromatic N) is 5. The molecule has 0 aromatic carbocycles. The number of aromatic nitrogens is 2. The molecule has 2 aromatic rings. The van der Waals surface area contributed by atoms with Crippen LogP contribution in [0.3, 0.4) is 0 Å². The van der Waals surface area contributed by atoms with E-state index in [4.69, 9.17) is 4.74 Å². The zero-order chi connectivity index (χ0) is 24.4. The normalized spacial score (nSPS) is 20.8. The van der Waals surface area contributed by atoms with E-state index in [1.54, 1.807) is 9.80 Å². The first-order chi connectivity index (χ1) is 16.9. The highest BCUT2D eigenvalue weighted by atomic mass is 19.4. The van der Waals surface area contributed by atoms with Crippen LogP contribution in [0, 0.1) is 0 Å². The number of nitrogens with one attached hydrogen (secondary N) is 1. The second-order valence-electron chi connectivity index (χ2n) is 9.22. The summed E-state index contributed by atoms with van der Waals surface area (Å²) in [7, 11) is 0. The number of hydrogen-bond donors (Lipinski definition) is 1. The number of pyridine rings is 2. The number of amides is 2. The van der Waals surface area contributed by atoms with Crippen LogP contribution in [-0.2, 0) is 30.4 Å². The summed E-state index contributed by atoms with van der Waals surface area (Å²) >= 11 is 0. The van der Waals surface area contributed by atoms with Crippen molar-refractivity contribution in [1.82, 2.24) is 25.1 Å². The van der Waals surface area contributed by atoms with Crippen LogP contribution < -0.4 is 10.2 Å². The molecule has 3 aliphatic heterocycles. The van der Waals surface area contributed by atoms with E-state index in [1.165, 1.54) is 0 Å². The molecular weight excluding hydrogens is 461 g/mol. The standard InChI is InChI=1S/C24H29F3N6O2/c25-24(26,27)19-11-18-15-32(6-4-21(18)29-14-19)23(34)33-5-3-20(16-33)28-12-17-1-2-22(30-13-17)31-7-9-35-10-8-31/h1-2,11,13-14,20,28H,3-10,12,15-16H2. The summed E-state index contributed by atoms with van der Waals surface area (Å²) in [5.41, 5.74) is 1.41. The lowest BCUT2D eigenvalue weighted by atomic mass is 10.0. The van der Waals surface area contributed by atoms with Gasteiger partial charge in [-0.3, -0.25) is 4.98 Å². The van der Waals surface area contributed by atoms with Gasteiger partial charge in [-0.1, -0.05) is 6.07 Å². The smallest absolute Gasteiger partial charge is 0.378 e. The van der Waals surface area contributed by atoms with Crippen LogP contribution >= 0.6 is 0 Å². The SMILES string of the molecule is O=C(N1CCc2ncc(C(F)(F)F)cc2C1)N1CCC(NCc2ccc(N3CCOCC3)nc2)C1. The van der Waals surface area contributed by atoms with Crippen molar-refractivity contribution in [2.75, 3.05) is 50.8 Å². The van der Waals surface area contributed by atoms with Gasteiger partial charge in [-0.2, -0.15) is 13.2 Å². The topological polar surface area (TPSA) is 73.8 Å². The van der Waals surface area contributed by atoms with Gasteiger partial charge in [0.2, 0.25) is 0 Å². The molecule has 2 amide bonds. The van der Waals surface area contributed by atoms with E-state index in [1.807, 2.05) is 12.3 Å². The Morgan fingerprint density at radius 3 is 2.66 bits per heavy atom. The number of likely N-dealkylation sites (tertiary alicyclic amines) is 1. The summed E-state index contributed by atoms with van der Waals surface area (Å²) in [6.07, 6.45) is -0.402. The molecule has 0 spiro atoms. The van der Waals surface area contributed by atoms with Crippen LogP contribution in [0.25, 0.3) is 0 Å². The average molecular weight is 491 g/mol. The van der Waals surface area contributed by atoms with Gasteiger partial charge < -0.3 is 24.8 Å². The average Bonchev–Trinajstić information content (AvgIpc) is 3.36. The Morgan fingerprint density at radius 1 is 1.09 bits per heavy atom. The van der Waals surface area contributed by atoms with Crippen molar-refractivity contribution in [2.24, 2.45) is 0 Å². The number of carbonyl (C=O) groups excluding carboxylic acids is 1. The molecule has 5 rings (SSSR count). The number of morpholine rings is 1. The molecule has 0 aliphatic carbocycles. The summed E-state index contributed by atoms with van der Waals surface area (Å²) < 4.78 is 44.6. The molecule has 11 heteroatoms. The Morgan fingerprint density at radius 2 is 1.91 bits per heavy atom. The highest BCUT2D eigenvalue weighted by molar-refractivity contribution is 5.75. The molecule has 0 radical (unpaired) electrons. The van der Waals surface area contributed by atoms with Gasteiger partial charge in [0, 0.05) is 76.4 Å². The molecule has 5 heterocycles. The predicted octanol–water partition coefficient (Wildman–Crippen LogP) is 2.67. The van der Waals surface area contributed by atoms with E-state index >= 15 is 0 Å². The van der Waals surface area contributed by atoms with Crippen molar-refractivity contribution >= 4 is 11.8 Å². The van der Waals surface area contributed by atoms with Gasteiger partial charge in [-0.25, -0.2) is 9.78 Å². The van der Waals surface area contributed by atoms with Crippen LogP contribution in [0.5, 0.6) is 0 Å². The van der Waals surface area contributed by atoms with Crippen LogP contribution in [0.15, 0.2) is 30.6 Å². The van der Waals surface area contributed by atoms with E-state index in [0.29, 0.717) is 43.9 Å². The van der Waals surface area contributed by atoms with Crippen LogP contribution in [-0.4, -0.2) is 77.8 Å². The third-order valence-electron chi connectivity index (χ3n) is 6.84. The van der Waals surface area contributed by atoms with Gasteiger partial charge in [-0.05, 0) is 29.7 Å². The molecule has 0 bridgehead atoms. The molecule has 35 heavy (non-hydrogen) atoms. The second kappa shape index (κ2) is 9.98. The quantitative estimate of drug-likeness (QED) is 0.711. The maximum atomic E-state index is 13.1. The Balaban J connectivity index is 1.12. The first kappa shape index (κ1) is 23.8. The monoisotopic (exact) mass is 490 g/mol. The largest absolute Gasteiger partial charge is 0.417 e. The Kier molecular flexibility index (Phi) is 6.79. The minimum Gasteiger partial charge on any atom is -0.378 e. The number of anilines is 1. The lowest BCUT2D eigenvalue weighted by molar-refractivity contribution is -0.137. The van der Waals surface area contributed by atoms with E-state index in [0.717, 1.165) is 56.4 Å². The fourth-order valence-electron chi connectivity index (χ4n) is 4.81. The number of rotatable bonds is 4. The molecule has 0 saturated carbocycles. The number of carbonyl (C=O) groups is 1. The fraction of sp³-hybridized carbons (Fsp3) is 0.542. The van der Waals surface area contributed by atoms with Crippen LogP contribution in [0.4, 0.5) is 23.8 Å². The zero-order valence-electron chi connectivity index (χ0n) is 19.4. The number of halogens is 3. The lowest BCUT2D eigenvalue weighted by Crippen LogP contribution is -2.45. The van der Waals surface area contributed by atoms with E-state index in [2.05, 4.69) is 26.3 Å². The molecule has 1 N–H and O–H groups in total. The van der Waals surface area contributed by atoms with Crippen LogP contribution in [0.1, 0.15) is 28.8 Å². The summed E-state index contributed by atoms with van der Waals surface area (Å²) in [6, 6.07) is 5.24. The first-order valence-corrected chi connectivity index (χ1v) is 12.0. The highest BCUT2D eigenvalue weighted by Gasteiger charge is 2.34. The fourth-order valence-corrected chi connectivity index (χ4v) is 4.81. The third kappa shape index (κ3) is 5.51. The number of alkyl halides is 3. The molecule has 2 fully saturated rings. The van der Waals surface area contributed by atoms with Gasteiger partial charge in [0.25, 0.3) is 0 Å². The second-order valence-corrected chi connectivity index (χ2v) is 9.22. The molecule has 3 aliphatic rings. The van der Waals surface area contributed by atoms with Crippen molar-refractivity contribution in [2.45, 2.75) is 38.1 Å². The molecule has 188 valence electrons. The number of urea groups is 1. The first-order valence-electron chi connectivity index (χ1n) is 12.0. The summed E-state index contributed by atoms with van der Waals surface area (Å²) in [5.74, 6) is 0.954. The van der Waals surface area contributed by atoms with Gasteiger partial charge in [0.05, 0.1) is 18.8 Å². The Hall–Kier alpha value is -2.92. The van der Waals surface area contributed by atoms with Crippen molar-refractivity contribution in [1.29, 1.82) is 0 Å². The van der Waals surface area contributed by atoms with E-state index in [9.17, 15) is 18.0 Å². The highest BCUT2D eigenvalue weighted by Crippen LogP contribution is 2.31. The summed E-state index contributed by atoms with van der Waals surface area (Å²) in [5, 5.41) is 3.50. The maximum absolute atomic E-state index is 13.1. The zero-order valence-corrected chi connectivity index (χ0v) is 19.4. The summed E-state index contributed by atoms with van der Waals surface area (Å²) in [4.78, 5) is 27.2. The minimum atomic E-state index is -4.44. The minimum absolute atomic E-state index is 0.131. The Labute approximate surface area is 202 Å². The molecular formula is C24H29F3N6O2. The third-order valence-corrected chi connectivity index (χ3v) is 6.84. The van der Waals surface area contributed by atoms with Crippen molar-refractivity contribution in [3.8, 4) is 0 Å². The van der Waals surface area contributed by atoms with E-state index < -0.39 is 11.7 Å². The molecule has 1 unspecified atom stereocenters. The number of ether oxygens (including phenoxy) is 1.